The molecule has 7 aliphatic heterocycles. The number of aryl methyl sites for hydroxylation is 4. The topological polar surface area (TPSA) is 111 Å². The molecular formula is C100H96N8O5Rh4SSe3. The Morgan fingerprint density at radius 2 is 0.645 bits per heavy atom. The summed E-state index contributed by atoms with van der Waals surface area (Å²) in [6.07, 6.45) is 0.842. The summed E-state index contributed by atoms with van der Waals surface area (Å²) >= 11 is -6.03. The van der Waals surface area contributed by atoms with Gasteiger partial charge in [0.2, 0.25) is 9.84 Å². The molecule has 20 rings (SSSR count). The fraction of sp³-hybridized carbons (Fsp3) is 0.200. The van der Waals surface area contributed by atoms with Crippen LogP contribution in [0.1, 0.15) is 99.9 Å². The second kappa shape index (κ2) is 35.6. The number of benzene rings is 12. The monoisotopic (exact) mass is 2170 g/mol. The van der Waals surface area contributed by atoms with Crippen molar-refractivity contribution in [2.45, 2.75) is 118 Å². The zero-order valence-corrected chi connectivity index (χ0v) is 82.8. The summed E-state index contributed by atoms with van der Waals surface area (Å²) in [5.74, 6) is 0. The first-order valence-electron chi connectivity index (χ1n) is 39.9. The van der Waals surface area contributed by atoms with Crippen molar-refractivity contribution < 1.29 is 97.8 Å². The largest absolute Gasteiger partial charge is 0 e. The first-order chi connectivity index (χ1) is 56.2. The summed E-state index contributed by atoms with van der Waals surface area (Å²) in [4.78, 5) is 19.7. The molecule has 5 atom stereocenters. The van der Waals surface area contributed by atoms with Gasteiger partial charge in [-0.05, 0) is 50.6 Å². The van der Waals surface area contributed by atoms with Crippen LogP contribution in [0.3, 0.4) is 0 Å². The van der Waals surface area contributed by atoms with E-state index in [1.165, 1.54) is 104 Å². The molecule has 0 saturated heterocycles. The number of sulfone groups is 1. The number of para-hydroxylation sites is 4. The first kappa shape index (κ1) is 90.1. The van der Waals surface area contributed by atoms with Crippen molar-refractivity contribution in [3.63, 3.8) is 0 Å². The van der Waals surface area contributed by atoms with Gasteiger partial charge in [0.05, 0.1) is 15.5 Å². The van der Waals surface area contributed by atoms with Crippen molar-refractivity contribution in [2.75, 3.05) is 47.8 Å². The van der Waals surface area contributed by atoms with E-state index in [1.807, 2.05) is 66.7 Å². The van der Waals surface area contributed by atoms with Crippen molar-refractivity contribution in [3.8, 4) is 33.4 Å². The maximum absolute atomic E-state index is 13.0. The van der Waals surface area contributed by atoms with Crippen LogP contribution in [0.4, 0.5) is 22.7 Å². The van der Waals surface area contributed by atoms with E-state index >= 15 is 0 Å². The van der Waals surface area contributed by atoms with E-state index < -0.39 is 36.4 Å². The molecule has 0 amide bonds. The molecule has 0 N–H and O–H groups in total. The predicted octanol–water partition coefficient (Wildman–Crippen LogP) is 19.0. The summed E-state index contributed by atoms with van der Waals surface area (Å²) in [7, 11) is 5.13. The van der Waals surface area contributed by atoms with E-state index in [-0.39, 0.29) is 96.4 Å². The molecule has 0 spiro atoms. The van der Waals surface area contributed by atoms with E-state index in [1.54, 1.807) is 36.4 Å². The Morgan fingerprint density at radius 3 is 1.12 bits per heavy atom. The van der Waals surface area contributed by atoms with E-state index in [4.69, 9.17) is 0 Å². The molecule has 0 fully saturated rings. The zero-order valence-electron chi connectivity index (χ0n) is 70.3. The second-order valence-corrected chi connectivity index (χ2v) is 42.6. The van der Waals surface area contributed by atoms with E-state index in [0.717, 1.165) is 70.5 Å². The van der Waals surface area contributed by atoms with E-state index in [9.17, 15) is 19.9 Å². The van der Waals surface area contributed by atoms with Crippen molar-refractivity contribution >= 4 is 134 Å². The Balaban J connectivity index is 0.000000138. The molecule has 5 unspecified atom stereocenters. The van der Waals surface area contributed by atoms with E-state index in [0.29, 0.717) is 39.4 Å². The first-order valence-corrected chi connectivity index (χ1v) is 48.6. The van der Waals surface area contributed by atoms with Gasteiger partial charge < -0.3 is 9.80 Å². The number of nitrogens with zero attached hydrogens (tertiary/aromatic N) is 8. The van der Waals surface area contributed by atoms with Crippen LogP contribution in [-0.4, -0.2) is 122 Å². The molecule has 21 heteroatoms. The van der Waals surface area contributed by atoms with Crippen LogP contribution in [0, 0.1) is 27.7 Å². The van der Waals surface area contributed by atoms with Gasteiger partial charge in [0.15, 0.2) is 0 Å². The van der Waals surface area contributed by atoms with E-state index in [2.05, 4.69) is 314 Å². The Labute approximate surface area is 776 Å². The Bertz CT molecular complexity index is 6500. The fourth-order valence-corrected chi connectivity index (χ4v) is 29.1. The minimum absolute atomic E-state index is 0. The molecular weight excluding hydrogens is 2070 g/mol. The molecule has 0 saturated carbocycles. The van der Waals surface area contributed by atoms with Crippen molar-refractivity contribution in [1.82, 2.24) is 19.6 Å². The van der Waals surface area contributed by atoms with Crippen LogP contribution in [0.25, 0.3) is 75.5 Å². The van der Waals surface area contributed by atoms with Gasteiger partial charge in [-0.1, -0.05) is 42.5 Å². The maximum atomic E-state index is 13.0. The van der Waals surface area contributed by atoms with Gasteiger partial charge in [0, 0.05) is 113 Å². The van der Waals surface area contributed by atoms with Crippen LogP contribution >= 0.6 is 0 Å². The molecule has 12 aromatic carbocycles. The Kier molecular flexibility index (Phi) is 26.5. The molecule has 121 heavy (non-hydrogen) atoms. The molecule has 8 heterocycles. The third-order valence-corrected chi connectivity index (χ3v) is 36.3. The predicted molar refractivity (Wildman–Crippen MR) is 485 cm³/mol. The smallest absolute Gasteiger partial charge is 0 e. The summed E-state index contributed by atoms with van der Waals surface area (Å²) in [6.45, 7) is 26.3. The Hall–Kier alpha value is -8.60. The minimum atomic E-state index is -4.31. The number of fused-ring (bicyclic) bond motifs is 12. The Morgan fingerprint density at radius 1 is 0.314 bits per heavy atom. The van der Waals surface area contributed by atoms with Crippen molar-refractivity contribution in [1.29, 1.82) is 0 Å². The van der Waals surface area contributed by atoms with Crippen molar-refractivity contribution in [3.05, 3.63) is 334 Å². The zero-order chi connectivity index (χ0) is 82.1. The van der Waals surface area contributed by atoms with Crippen LogP contribution in [0.2, 0.25) is 0 Å². The molecule has 13 nitrogen and oxygen atoms in total. The molecule has 0 bridgehead atoms. The fourth-order valence-electron chi connectivity index (χ4n) is 18.8. The minimum Gasteiger partial charge on any atom is 0 e. The van der Waals surface area contributed by atoms with Gasteiger partial charge in [-0.15, -0.1) is 0 Å². The van der Waals surface area contributed by atoms with Crippen LogP contribution in [0.5, 0.6) is 0 Å². The average molecular weight is 2170 g/mol. The molecule has 626 valence electrons. The number of hydrogen-bond acceptors (Lipinski definition) is 13. The molecule has 13 aromatic rings. The standard InChI is InChI=1S/C25H24N2O2S.C25H24N2O2Se.C25H24N2OSe.C25H24N2Se.4Rh/c2*1-16-9-5-7-11-22(16)27-17(2)25(26(4)18(27)3)19-13-14-24-21(15-19)20-10-6-8-12-23(20)30(24,28)29;1-16-9-5-7-11-22(16)27-17(2)25(26(4)18(27)3)19-13-14-24-21(15-19)20-10-6-8-12-23(20)29(24)28;1-16-9-5-7-11-22(16)27-17(2)25(26(4)18(27)3)19-13-14-24-21(15-19)20-10-6-8-12-23(20)28-24;;;;/h2*5-15,18H,1-4H3;5-15,18H,1-4H3;5-15,18H,1-4H3;;;;. The van der Waals surface area contributed by atoms with Gasteiger partial charge in [-0.2, -0.15) is 0 Å². The number of rotatable bonds is 8. The van der Waals surface area contributed by atoms with Crippen LogP contribution in [-0.2, 0) is 99.3 Å². The third-order valence-electron chi connectivity index (χ3n) is 25.0. The third kappa shape index (κ3) is 15.3. The summed E-state index contributed by atoms with van der Waals surface area (Å²) in [5.41, 5.74) is 29.7. The normalized spacial score (nSPS) is 18.4. The number of allylic oxidation sites excluding steroid dienone is 4. The van der Waals surface area contributed by atoms with Crippen LogP contribution < -0.4 is 37.4 Å². The molecule has 7 aliphatic rings. The quantitative estimate of drug-likeness (QED) is 0.135. The number of hydrogen-bond donors (Lipinski definition) is 0. The molecule has 1 aromatic heterocycles. The number of anilines is 4. The average Bonchev–Trinajstić information content (AvgIpc) is 1.59. The van der Waals surface area contributed by atoms with Gasteiger partial charge in [0.1, 0.15) is 6.17 Å². The summed E-state index contributed by atoms with van der Waals surface area (Å²) in [5, 5.41) is 2.84. The van der Waals surface area contributed by atoms with Crippen LogP contribution in [0.15, 0.2) is 299 Å². The van der Waals surface area contributed by atoms with Gasteiger partial charge in [-0.3, -0.25) is 0 Å². The molecule has 0 aliphatic carbocycles. The second-order valence-electron chi connectivity index (χ2n) is 31.5. The van der Waals surface area contributed by atoms with Gasteiger partial charge >= 0.3 is 528 Å². The maximum Gasteiger partial charge on any atom is 0 e. The molecule has 4 radical (unpaired) electrons. The SMILES string of the molecule is CC1=C(c2ccc3[se]c4ccccc4c3c2)N(C)C(C)N1c1ccccc1C.CC1=C(c2ccc3c(c2)-c2ccccc2S3(=O)=O)N(C)C(C)N1c1ccccc1C.CC1=C(c2ccc3c(c2)-c2ccccc2[Se]3(=O)=O)N(C)C(C)N1c1ccccc1C.CC1=C(c2ccc3c(c2)-c2ccccc2[Se]3=O)N(C)C(C)N1c1ccccc1C.[Rh].[Rh].[Rh].[Rh]. The van der Waals surface area contributed by atoms with Gasteiger partial charge in [0.25, 0.3) is 0 Å². The van der Waals surface area contributed by atoms with Gasteiger partial charge in [-0.25, -0.2) is 8.42 Å². The summed E-state index contributed by atoms with van der Waals surface area (Å²) < 4.78 is 70.8. The van der Waals surface area contributed by atoms with Crippen molar-refractivity contribution in [2.24, 2.45) is 0 Å². The summed E-state index contributed by atoms with van der Waals surface area (Å²) in [6, 6.07) is 90.7.